The molecular weight excluding hydrogens is 379 g/mol. The molecule has 0 bridgehead atoms. The summed E-state index contributed by atoms with van der Waals surface area (Å²) in [7, 11) is -3.90. The van der Waals surface area contributed by atoms with Crippen molar-refractivity contribution < 1.29 is 12.8 Å². The number of hydrogen-bond donors (Lipinski definition) is 2. The Labute approximate surface area is 163 Å². The first-order valence-corrected chi connectivity index (χ1v) is 10.2. The maximum atomic E-state index is 13.7. The first kappa shape index (κ1) is 19.7. The van der Waals surface area contributed by atoms with Gasteiger partial charge in [0, 0.05) is 18.5 Å². The third-order valence-electron chi connectivity index (χ3n) is 4.23. The molecule has 28 heavy (non-hydrogen) atoms. The van der Waals surface area contributed by atoms with Crippen molar-refractivity contribution in [1.29, 1.82) is 5.26 Å². The zero-order valence-corrected chi connectivity index (χ0v) is 16.1. The Morgan fingerprint density at radius 2 is 1.93 bits per heavy atom. The van der Waals surface area contributed by atoms with Gasteiger partial charge in [-0.15, -0.1) is 0 Å². The highest BCUT2D eigenvalue weighted by atomic mass is 32.2. The van der Waals surface area contributed by atoms with E-state index in [1.807, 2.05) is 25.1 Å². The van der Waals surface area contributed by atoms with Gasteiger partial charge in [0.2, 0.25) is 10.0 Å². The molecule has 0 spiro atoms. The number of pyridine rings is 1. The van der Waals surface area contributed by atoms with Crippen LogP contribution in [0.2, 0.25) is 0 Å². The molecule has 1 heterocycles. The van der Waals surface area contributed by atoms with E-state index < -0.39 is 15.8 Å². The molecule has 3 aromatic rings. The van der Waals surface area contributed by atoms with Crippen LogP contribution >= 0.6 is 0 Å². The minimum absolute atomic E-state index is 0.123. The second-order valence-corrected chi connectivity index (χ2v) is 7.99. The van der Waals surface area contributed by atoms with Crippen LogP contribution in [0.1, 0.15) is 17.5 Å². The lowest BCUT2D eigenvalue weighted by atomic mass is 10.1. The topological polar surface area (TPSA) is 94.9 Å². The number of halogens is 1. The lowest BCUT2D eigenvalue weighted by Gasteiger charge is -2.11. The molecule has 0 aliphatic rings. The molecule has 8 heteroatoms. The summed E-state index contributed by atoms with van der Waals surface area (Å²) >= 11 is 0. The van der Waals surface area contributed by atoms with Crippen molar-refractivity contribution in [3.8, 4) is 6.07 Å². The van der Waals surface area contributed by atoms with Gasteiger partial charge in [-0.25, -0.2) is 22.5 Å². The van der Waals surface area contributed by atoms with Gasteiger partial charge in [-0.05, 0) is 37.1 Å². The minimum Gasteiger partial charge on any atom is -0.369 e. The zero-order valence-electron chi connectivity index (χ0n) is 15.2. The maximum absolute atomic E-state index is 13.7. The van der Waals surface area contributed by atoms with E-state index in [-0.39, 0.29) is 11.4 Å². The lowest BCUT2D eigenvalue weighted by molar-refractivity contribution is 0.556. The fraction of sp³-hybridized carbons (Fsp3) is 0.200. The average Bonchev–Trinajstić information content (AvgIpc) is 2.68. The van der Waals surface area contributed by atoms with E-state index in [4.69, 9.17) is 0 Å². The highest BCUT2D eigenvalue weighted by Gasteiger charge is 2.17. The molecule has 0 aliphatic heterocycles. The molecule has 1 aromatic heterocycles. The Balaban J connectivity index is 1.62. The number of nitrogens with zero attached hydrogens (tertiary/aromatic N) is 2. The molecule has 0 amide bonds. The number of para-hydroxylation sites is 1. The Morgan fingerprint density at radius 1 is 1.14 bits per heavy atom. The highest BCUT2D eigenvalue weighted by molar-refractivity contribution is 7.89. The number of anilines is 1. The van der Waals surface area contributed by atoms with Crippen LogP contribution in [0.25, 0.3) is 10.9 Å². The molecule has 0 fully saturated rings. The van der Waals surface area contributed by atoms with E-state index in [1.54, 1.807) is 6.07 Å². The van der Waals surface area contributed by atoms with Gasteiger partial charge in [0.15, 0.2) is 0 Å². The number of aryl methyl sites for hydroxylation is 1. The van der Waals surface area contributed by atoms with Crippen LogP contribution in [0.4, 0.5) is 10.2 Å². The second kappa shape index (κ2) is 8.33. The minimum atomic E-state index is -3.90. The summed E-state index contributed by atoms with van der Waals surface area (Å²) in [6, 6.07) is 14.9. The standard InChI is InChI=1S/C20H19FN4O2S/c1-14-6-4-7-15-12-16(13-22)20(25-19(14)15)23-10-5-11-24-28(26,27)18-9-3-2-8-17(18)21/h2-4,6-9,12,24H,5,10-11H2,1H3,(H,23,25). The van der Waals surface area contributed by atoms with Crippen LogP contribution in [-0.2, 0) is 10.0 Å². The molecule has 0 saturated carbocycles. The SMILES string of the molecule is Cc1cccc2cc(C#N)c(NCCCNS(=O)(=O)c3ccccc3F)nc12. The van der Waals surface area contributed by atoms with E-state index in [9.17, 15) is 18.1 Å². The molecule has 2 aromatic carbocycles. The summed E-state index contributed by atoms with van der Waals surface area (Å²) < 4.78 is 40.3. The Hall–Kier alpha value is -3.02. The number of benzene rings is 2. The number of rotatable bonds is 7. The number of nitriles is 1. The molecule has 3 rings (SSSR count). The predicted molar refractivity (Wildman–Crippen MR) is 106 cm³/mol. The van der Waals surface area contributed by atoms with Crippen molar-refractivity contribution in [3.05, 3.63) is 65.5 Å². The van der Waals surface area contributed by atoms with Crippen LogP contribution in [0.5, 0.6) is 0 Å². The Bertz CT molecular complexity index is 1160. The van der Waals surface area contributed by atoms with Gasteiger partial charge < -0.3 is 5.32 Å². The van der Waals surface area contributed by atoms with Crippen LogP contribution in [0, 0.1) is 24.1 Å². The highest BCUT2D eigenvalue weighted by Crippen LogP contribution is 2.22. The van der Waals surface area contributed by atoms with Gasteiger partial charge in [-0.3, -0.25) is 0 Å². The van der Waals surface area contributed by atoms with Crippen LogP contribution in [-0.4, -0.2) is 26.5 Å². The monoisotopic (exact) mass is 398 g/mol. The summed E-state index contributed by atoms with van der Waals surface area (Å²) in [6.07, 6.45) is 0.437. The summed E-state index contributed by atoms with van der Waals surface area (Å²) in [4.78, 5) is 4.16. The third kappa shape index (κ3) is 4.27. The zero-order chi connectivity index (χ0) is 20.1. The van der Waals surface area contributed by atoms with E-state index in [1.165, 1.54) is 18.2 Å². The normalized spacial score (nSPS) is 11.3. The quantitative estimate of drug-likeness (QED) is 0.595. The Morgan fingerprint density at radius 3 is 2.68 bits per heavy atom. The van der Waals surface area contributed by atoms with Crippen molar-refractivity contribution in [2.75, 3.05) is 18.4 Å². The molecule has 0 unspecified atom stereocenters. The lowest BCUT2D eigenvalue weighted by Crippen LogP contribution is -2.27. The average molecular weight is 398 g/mol. The van der Waals surface area contributed by atoms with Crippen LogP contribution in [0.15, 0.2) is 53.4 Å². The number of hydrogen-bond acceptors (Lipinski definition) is 5. The smallest absolute Gasteiger partial charge is 0.243 e. The molecule has 144 valence electrons. The largest absolute Gasteiger partial charge is 0.369 e. The fourth-order valence-corrected chi connectivity index (χ4v) is 3.96. The summed E-state index contributed by atoms with van der Waals surface area (Å²) in [5.74, 6) is -0.330. The van der Waals surface area contributed by atoms with Crippen molar-refractivity contribution in [2.24, 2.45) is 0 Å². The third-order valence-corrected chi connectivity index (χ3v) is 5.73. The fourth-order valence-electron chi connectivity index (χ4n) is 2.81. The molecule has 0 saturated heterocycles. The van der Waals surface area contributed by atoms with E-state index in [0.29, 0.717) is 24.3 Å². The van der Waals surface area contributed by atoms with Crippen molar-refractivity contribution in [3.63, 3.8) is 0 Å². The molecular formula is C20H19FN4O2S. The molecule has 2 N–H and O–H groups in total. The van der Waals surface area contributed by atoms with Gasteiger partial charge in [0.05, 0.1) is 11.1 Å². The van der Waals surface area contributed by atoms with Gasteiger partial charge >= 0.3 is 0 Å². The van der Waals surface area contributed by atoms with Gasteiger partial charge in [-0.2, -0.15) is 5.26 Å². The summed E-state index contributed by atoms with van der Waals surface area (Å²) in [5, 5.41) is 13.3. The van der Waals surface area contributed by atoms with Crippen LogP contribution in [0.3, 0.4) is 0 Å². The first-order valence-electron chi connectivity index (χ1n) is 8.71. The Kier molecular flexibility index (Phi) is 5.87. The van der Waals surface area contributed by atoms with Crippen molar-refractivity contribution in [2.45, 2.75) is 18.2 Å². The van der Waals surface area contributed by atoms with Crippen molar-refractivity contribution >= 4 is 26.7 Å². The second-order valence-electron chi connectivity index (χ2n) is 6.25. The van der Waals surface area contributed by atoms with E-state index in [2.05, 4.69) is 21.1 Å². The van der Waals surface area contributed by atoms with E-state index >= 15 is 0 Å². The predicted octanol–water partition coefficient (Wildman–Crippen LogP) is 3.33. The first-order chi connectivity index (χ1) is 13.4. The summed E-state index contributed by atoms with van der Waals surface area (Å²) in [5.41, 5.74) is 2.23. The van der Waals surface area contributed by atoms with Gasteiger partial charge in [0.25, 0.3) is 0 Å². The maximum Gasteiger partial charge on any atom is 0.243 e. The van der Waals surface area contributed by atoms with Crippen LogP contribution < -0.4 is 10.0 Å². The number of nitrogens with one attached hydrogen (secondary N) is 2. The number of aromatic nitrogens is 1. The number of fused-ring (bicyclic) bond motifs is 1. The molecule has 6 nitrogen and oxygen atoms in total. The van der Waals surface area contributed by atoms with Gasteiger partial charge in [0.1, 0.15) is 22.6 Å². The summed E-state index contributed by atoms with van der Waals surface area (Å²) in [6.45, 7) is 2.47. The molecule has 0 atom stereocenters. The van der Waals surface area contributed by atoms with E-state index in [0.717, 1.165) is 22.5 Å². The van der Waals surface area contributed by atoms with Crippen molar-refractivity contribution in [1.82, 2.24) is 9.71 Å². The molecule has 0 aliphatic carbocycles. The molecule has 0 radical (unpaired) electrons. The van der Waals surface area contributed by atoms with Gasteiger partial charge in [-0.1, -0.05) is 30.3 Å². The number of sulfonamides is 1.